The second kappa shape index (κ2) is 7.60. The predicted molar refractivity (Wildman–Crippen MR) is 108 cm³/mol. The molecule has 0 spiro atoms. The maximum atomic E-state index is 12.6. The maximum Gasteiger partial charge on any atom is 0.237 e. The Morgan fingerprint density at radius 3 is 2.62 bits per heavy atom. The van der Waals surface area contributed by atoms with Crippen LogP contribution in [0.3, 0.4) is 0 Å². The molecular weight excluding hydrogens is 410 g/mol. The van der Waals surface area contributed by atoms with Gasteiger partial charge in [0.25, 0.3) is 0 Å². The average Bonchev–Trinajstić information content (AvgIpc) is 3.11. The van der Waals surface area contributed by atoms with Gasteiger partial charge in [0.15, 0.2) is 0 Å². The van der Waals surface area contributed by atoms with Crippen LogP contribution >= 0.6 is 27.7 Å². The monoisotopic (exact) mass is 425 g/mol. The van der Waals surface area contributed by atoms with Crippen molar-refractivity contribution in [1.29, 1.82) is 0 Å². The highest BCUT2D eigenvalue weighted by Gasteiger charge is 2.23. The van der Waals surface area contributed by atoms with Gasteiger partial charge in [-0.15, -0.1) is 10.2 Å². The highest BCUT2D eigenvalue weighted by atomic mass is 79.9. The summed E-state index contributed by atoms with van der Waals surface area (Å²) in [6, 6.07) is 19.9. The van der Waals surface area contributed by atoms with Gasteiger partial charge in [0.2, 0.25) is 5.91 Å². The number of fused-ring (bicyclic) bond motifs is 1. The zero-order valence-electron chi connectivity index (χ0n) is 13.9. The molecule has 130 valence electrons. The SMILES string of the molecule is O=C(CSc1ccc(-c2ccc(Br)cc2)nn1)N1CCc2ccccc21. The standard InChI is InChI=1S/C20H16BrN3OS/c21-16-7-5-14(6-8-16)17-9-10-19(23-22-17)26-13-20(25)24-12-11-15-3-1-2-4-18(15)24/h1-10H,11-13H2. The highest BCUT2D eigenvalue weighted by molar-refractivity contribution is 9.10. The lowest BCUT2D eigenvalue weighted by atomic mass is 10.1. The number of anilines is 1. The van der Waals surface area contributed by atoms with Crippen LogP contribution in [-0.4, -0.2) is 28.4 Å². The van der Waals surface area contributed by atoms with Crippen molar-refractivity contribution < 1.29 is 4.79 Å². The first-order chi connectivity index (χ1) is 12.7. The predicted octanol–water partition coefficient (Wildman–Crippen LogP) is 4.59. The molecule has 4 rings (SSSR count). The number of hydrogen-bond acceptors (Lipinski definition) is 4. The molecule has 2 aromatic carbocycles. The molecule has 0 atom stereocenters. The van der Waals surface area contributed by atoms with E-state index in [1.54, 1.807) is 0 Å². The Hall–Kier alpha value is -2.18. The van der Waals surface area contributed by atoms with Crippen LogP contribution in [0, 0.1) is 0 Å². The maximum absolute atomic E-state index is 12.6. The number of carbonyl (C=O) groups is 1. The highest BCUT2D eigenvalue weighted by Crippen LogP contribution is 2.29. The first-order valence-corrected chi connectivity index (χ1v) is 10.1. The average molecular weight is 426 g/mol. The summed E-state index contributed by atoms with van der Waals surface area (Å²) in [5.74, 6) is 0.472. The summed E-state index contributed by atoms with van der Waals surface area (Å²) in [5.41, 5.74) is 4.11. The zero-order chi connectivity index (χ0) is 17.9. The van der Waals surface area contributed by atoms with E-state index in [2.05, 4.69) is 32.2 Å². The Kier molecular flexibility index (Phi) is 5.04. The number of carbonyl (C=O) groups excluding carboxylic acids is 1. The van der Waals surface area contributed by atoms with Crippen molar-refractivity contribution in [2.75, 3.05) is 17.2 Å². The van der Waals surface area contributed by atoms with E-state index in [4.69, 9.17) is 0 Å². The summed E-state index contributed by atoms with van der Waals surface area (Å²) in [7, 11) is 0. The van der Waals surface area contributed by atoms with E-state index < -0.39 is 0 Å². The third-order valence-corrected chi connectivity index (χ3v) is 5.75. The van der Waals surface area contributed by atoms with Crippen LogP contribution in [0.1, 0.15) is 5.56 Å². The van der Waals surface area contributed by atoms with E-state index in [9.17, 15) is 4.79 Å². The van der Waals surface area contributed by atoms with Crippen LogP contribution in [0.15, 0.2) is 70.2 Å². The Morgan fingerprint density at radius 2 is 1.85 bits per heavy atom. The van der Waals surface area contributed by atoms with Crippen molar-refractivity contribution in [2.45, 2.75) is 11.4 Å². The van der Waals surface area contributed by atoms with Crippen LogP contribution in [0.25, 0.3) is 11.3 Å². The van der Waals surface area contributed by atoms with Crippen molar-refractivity contribution in [1.82, 2.24) is 10.2 Å². The lowest BCUT2D eigenvalue weighted by Gasteiger charge is -2.16. The number of thioether (sulfide) groups is 1. The smallest absolute Gasteiger partial charge is 0.237 e. The number of nitrogens with zero attached hydrogens (tertiary/aromatic N) is 3. The molecule has 0 unspecified atom stereocenters. The van der Waals surface area contributed by atoms with Crippen molar-refractivity contribution in [3.8, 4) is 11.3 Å². The lowest BCUT2D eigenvalue weighted by molar-refractivity contribution is -0.116. The molecule has 1 aliphatic heterocycles. The third kappa shape index (κ3) is 3.66. The van der Waals surface area contributed by atoms with Gasteiger partial charge in [0.1, 0.15) is 5.03 Å². The molecule has 4 nitrogen and oxygen atoms in total. The molecule has 26 heavy (non-hydrogen) atoms. The molecule has 1 aliphatic rings. The number of halogens is 1. The molecule has 0 radical (unpaired) electrons. The molecule has 0 saturated carbocycles. The van der Waals surface area contributed by atoms with Crippen LogP contribution < -0.4 is 4.90 Å². The van der Waals surface area contributed by atoms with Gasteiger partial charge in [-0.05, 0) is 42.3 Å². The number of para-hydroxylation sites is 1. The molecule has 3 aromatic rings. The second-order valence-electron chi connectivity index (χ2n) is 5.98. The van der Waals surface area contributed by atoms with Crippen LogP contribution in [-0.2, 0) is 11.2 Å². The number of amides is 1. The minimum Gasteiger partial charge on any atom is -0.311 e. The van der Waals surface area contributed by atoms with Gasteiger partial charge >= 0.3 is 0 Å². The molecule has 1 amide bonds. The first-order valence-electron chi connectivity index (χ1n) is 8.31. The van der Waals surface area contributed by atoms with Gasteiger partial charge < -0.3 is 4.90 Å². The van der Waals surface area contributed by atoms with Crippen LogP contribution in [0.2, 0.25) is 0 Å². The Labute approximate surface area is 164 Å². The van der Waals surface area contributed by atoms with E-state index in [1.807, 2.05) is 59.5 Å². The third-order valence-electron chi connectivity index (χ3n) is 4.31. The molecule has 0 N–H and O–H groups in total. The van der Waals surface area contributed by atoms with Crippen molar-refractivity contribution in [2.24, 2.45) is 0 Å². The second-order valence-corrected chi connectivity index (χ2v) is 7.89. The minimum atomic E-state index is 0.110. The zero-order valence-corrected chi connectivity index (χ0v) is 16.3. The van der Waals surface area contributed by atoms with E-state index >= 15 is 0 Å². The summed E-state index contributed by atoms with van der Waals surface area (Å²) < 4.78 is 1.03. The number of rotatable bonds is 4. The molecule has 6 heteroatoms. The Bertz CT molecular complexity index is 929. The fraction of sp³-hybridized carbons (Fsp3) is 0.150. The topological polar surface area (TPSA) is 46.1 Å². The fourth-order valence-electron chi connectivity index (χ4n) is 2.98. The Morgan fingerprint density at radius 1 is 1.04 bits per heavy atom. The molecule has 1 aromatic heterocycles. The number of benzene rings is 2. The quantitative estimate of drug-likeness (QED) is 0.573. The van der Waals surface area contributed by atoms with Gasteiger partial charge in [-0.1, -0.05) is 58.0 Å². The largest absolute Gasteiger partial charge is 0.311 e. The molecule has 0 bridgehead atoms. The summed E-state index contributed by atoms with van der Waals surface area (Å²) in [6.07, 6.45) is 0.925. The molecule has 2 heterocycles. The van der Waals surface area contributed by atoms with E-state index in [0.717, 1.165) is 39.4 Å². The van der Waals surface area contributed by atoms with Crippen LogP contribution in [0.4, 0.5) is 5.69 Å². The van der Waals surface area contributed by atoms with Crippen molar-refractivity contribution >= 4 is 39.3 Å². The summed E-state index contributed by atoms with van der Waals surface area (Å²) >= 11 is 4.85. The molecule has 0 fully saturated rings. The fourth-order valence-corrected chi connectivity index (χ4v) is 3.94. The summed E-state index contributed by atoms with van der Waals surface area (Å²) in [6.45, 7) is 0.757. The van der Waals surface area contributed by atoms with Crippen molar-refractivity contribution in [3.63, 3.8) is 0 Å². The van der Waals surface area contributed by atoms with Gasteiger partial charge in [-0.3, -0.25) is 4.79 Å². The molecule has 0 saturated heterocycles. The lowest BCUT2D eigenvalue weighted by Crippen LogP contribution is -2.30. The van der Waals surface area contributed by atoms with Gasteiger partial charge in [-0.2, -0.15) is 0 Å². The van der Waals surface area contributed by atoms with E-state index in [0.29, 0.717) is 5.75 Å². The molecule has 0 aliphatic carbocycles. The Balaban J connectivity index is 1.39. The van der Waals surface area contributed by atoms with Gasteiger partial charge in [0.05, 0.1) is 11.4 Å². The van der Waals surface area contributed by atoms with E-state index in [1.165, 1.54) is 17.3 Å². The summed E-state index contributed by atoms with van der Waals surface area (Å²) in [4.78, 5) is 14.4. The van der Waals surface area contributed by atoms with Gasteiger partial charge in [-0.25, -0.2) is 0 Å². The summed E-state index contributed by atoms with van der Waals surface area (Å²) in [5, 5.41) is 9.29. The van der Waals surface area contributed by atoms with Crippen molar-refractivity contribution in [3.05, 3.63) is 70.7 Å². The van der Waals surface area contributed by atoms with Crippen LogP contribution in [0.5, 0.6) is 0 Å². The minimum absolute atomic E-state index is 0.110. The first kappa shape index (κ1) is 17.2. The van der Waals surface area contributed by atoms with E-state index in [-0.39, 0.29) is 5.91 Å². The number of hydrogen-bond donors (Lipinski definition) is 0. The normalized spacial score (nSPS) is 12.9. The molecular formula is C20H16BrN3OS. The number of aromatic nitrogens is 2. The van der Waals surface area contributed by atoms with Gasteiger partial charge in [0, 0.05) is 22.3 Å².